The topological polar surface area (TPSA) is 53.6 Å². The second-order valence-electron chi connectivity index (χ2n) is 6.69. The van der Waals surface area contributed by atoms with Gasteiger partial charge in [-0.1, -0.05) is 19.3 Å². The van der Waals surface area contributed by atoms with Crippen LogP contribution in [-0.2, 0) is 9.53 Å². The summed E-state index contributed by atoms with van der Waals surface area (Å²) < 4.78 is 5.36. The molecule has 3 fully saturated rings. The van der Waals surface area contributed by atoms with Crippen LogP contribution in [0.5, 0.6) is 0 Å². The predicted molar refractivity (Wildman–Crippen MR) is 96.7 cm³/mol. The van der Waals surface area contributed by atoms with Crippen LogP contribution in [0.3, 0.4) is 0 Å². The average molecular weight is 368 g/mol. The Bertz CT molecular complexity index is 340. The van der Waals surface area contributed by atoms with Crippen molar-refractivity contribution < 1.29 is 9.53 Å². The summed E-state index contributed by atoms with van der Waals surface area (Å²) in [6.07, 6.45) is 9.15. The molecule has 0 aromatic carbocycles. The first kappa shape index (κ1) is 21.0. The first-order chi connectivity index (χ1) is 10.3. The van der Waals surface area contributed by atoms with Gasteiger partial charge in [0.05, 0.1) is 13.2 Å². The fourth-order valence-electron chi connectivity index (χ4n) is 3.89. The van der Waals surface area contributed by atoms with Gasteiger partial charge in [0.25, 0.3) is 0 Å². The molecular formula is C16H31Cl2N3O2. The molecule has 1 amide bonds. The van der Waals surface area contributed by atoms with Crippen molar-refractivity contribution in [3.05, 3.63) is 0 Å². The van der Waals surface area contributed by atoms with Crippen molar-refractivity contribution in [2.45, 2.75) is 63.1 Å². The van der Waals surface area contributed by atoms with Gasteiger partial charge >= 0.3 is 0 Å². The quantitative estimate of drug-likeness (QED) is 0.797. The van der Waals surface area contributed by atoms with Gasteiger partial charge in [0.1, 0.15) is 6.04 Å². The van der Waals surface area contributed by atoms with E-state index in [1.165, 1.54) is 32.1 Å². The summed E-state index contributed by atoms with van der Waals surface area (Å²) in [7, 11) is 0. The number of piperidine rings is 1. The molecule has 1 unspecified atom stereocenters. The number of morpholine rings is 1. The minimum absolute atomic E-state index is 0. The zero-order valence-electron chi connectivity index (χ0n) is 13.8. The van der Waals surface area contributed by atoms with Gasteiger partial charge < -0.3 is 20.3 Å². The number of hydrogen-bond donors (Lipinski definition) is 2. The molecule has 0 aromatic heterocycles. The van der Waals surface area contributed by atoms with E-state index in [-0.39, 0.29) is 36.8 Å². The molecule has 2 heterocycles. The number of rotatable bonds is 3. The van der Waals surface area contributed by atoms with Crippen LogP contribution in [0.15, 0.2) is 0 Å². The van der Waals surface area contributed by atoms with Crippen molar-refractivity contribution in [2.75, 3.05) is 32.8 Å². The highest BCUT2D eigenvalue weighted by atomic mass is 35.5. The van der Waals surface area contributed by atoms with Crippen LogP contribution in [0.1, 0.15) is 44.9 Å². The molecule has 2 saturated heterocycles. The highest BCUT2D eigenvalue weighted by Crippen LogP contribution is 2.25. The lowest BCUT2D eigenvalue weighted by Crippen LogP contribution is -2.55. The fourth-order valence-corrected chi connectivity index (χ4v) is 3.89. The number of hydrogen-bond acceptors (Lipinski definition) is 4. The van der Waals surface area contributed by atoms with Gasteiger partial charge in [-0.15, -0.1) is 24.8 Å². The lowest BCUT2D eigenvalue weighted by atomic mass is 9.92. The molecule has 3 rings (SSSR count). The van der Waals surface area contributed by atoms with Crippen molar-refractivity contribution in [3.63, 3.8) is 0 Å². The Morgan fingerprint density at radius 3 is 2.35 bits per heavy atom. The fraction of sp³-hybridized carbons (Fsp3) is 0.938. The van der Waals surface area contributed by atoms with Gasteiger partial charge in [-0.25, -0.2) is 0 Å². The maximum Gasteiger partial charge on any atom is 0.239 e. The van der Waals surface area contributed by atoms with Gasteiger partial charge in [0, 0.05) is 31.7 Å². The zero-order valence-corrected chi connectivity index (χ0v) is 15.4. The summed E-state index contributed by atoms with van der Waals surface area (Å²) in [6.45, 7) is 4.28. The second kappa shape index (κ2) is 10.7. The zero-order chi connectivity index (χ0) is 14.5. The Balaban J connectivity index is 0.00000132. The van der Waals surface area contributed by atoms with Crippen molar-refractivity contribution >= 4 is 30.7 Å². The molecule has 0 bridgehead atoms. The molecule has 0 radical (unpaired) electrons. The van der Waals surface area contributed by atoms with Gasteiger partial charge in [-0.2, -0.15) is 0 Å². The molecular weight excluding hydrogens is 337 g/mol. The van der Waals surface area contributed by atoms with E-state index in [2.05, 4.69) is 15.5 Å². The van der Waals surface area contributed by atoms with E-state index in [4.69, 9.17) is 4.74 Å². The molecule has 3 aliphatic rings. The third-order valence-corrected chi connectivity index (χ3v) is 5.21. The molecule has 2 N–H and O–H groups in total. The number of carbonyl (C=O) groups excluding carboxylic acids is 1. The number of nitrogens with one attached hydrogen (secondary N) is 2. The van der Waals surface area contributed by atoms with E-state index in [9.17, 15) is 4.79 Å². The minimum atomic E-state index is -0.157. The monoisotopic (exact) mass is 367 g/mol. The van der Waals surface area contributed by atoms with Gasteiger partial charge in [0.15, 0.2) is 0 Å². The molecule has 5 nitrogen and oxygen atoms in total. The van der Waals surface area contributed by atoms with Crippen LogP contribution in [0.25, 0.3) is 0 Å². The number of carbonyl (C=O) groups is 1. The van der Waals surface area contributed by atoms with Crippen LogP contribution < -0.4 is 10.6 Å². The highest BCUT2D eigenvalue weighted by Gasteiger charge is 2.28. The largest absolute Gasteiger partial charge is 0.378 e. The van der Waals surface area contributed by atoms with E-state index < -0.39 is 0 Å². The maximum atomic E-state index is 12.2. The third-order valence-electron chi connectivity index (χ3n) is 5.21. The van der Waals surface area contributed by atoms with Gasteiger partial charge in [-0.05, 0) is 25.7 Å². The normalized spacial score (nSPS) is 27.6. The van der Waals surface area contributed by atoms with Crippen LogP contribution in [0, 0.1) is 0 Å². The standard InChI is InChI=1S/C16H29N3O2.2ClH/c20-16(15-12-21-11-8-17-15)18-13-6-9-19(10-7-13)14-4-2-1-3-5-14;;/h13-15,17H,1-12H2,(H,18,20);2*1H. The predicted octanol–water partition coefficient (Wildman–Crippen LogP) is 1.73. The molecule has 1 saturated carbocycles. The summed E-state index contributed by atoms with van der Waals surface area (Å²) in [5.74, 6) is 0.116. The summed E-state index contributed by atoms with van der Waals surface area (Å²) >= 11 is 0. The Hall–Kier alpha value is -0.0700. The Labute approximate surface area is 152 Å². The number of nitrogens with zero attached hydrogens (tertiary/aromatic N) is 1. The summed E-state index contributed by atoms with van der Waals surface area (Å²) in [5, 5.41) is 6.43. The molecule has 1 atom stereocenters. The van der Waals surface area contributed by atoms with Crippen molar-refractivity contribution in [2.24, 2.45) is 0 Å². The first-order valence-corrected chi connectivity index (χ1v) is 8.68. The van der Waals surface area contributed by atoms with E-state index in [1.807, 2.05) is 0 Å². The lowest BCUT2D eigenvalue weighted by Gasteiger charge is -2.39. The van der Waals surface area contributed by atoms with Crippen molar-refractivity contribution in [1.82, 2.24) is 15.5 Å². The summed E-state index contributed by atoms with van der Waals surface area (Å²) in [4.78, 5) is 14.8. The van der Waals surface area contributed by atoms with E-state index in [0.717, 1.165) is 38.5 Å². The van der Waals surface area contributed by atoms with Gasteiger partial charge in [0.2, 0.25) is 5.91 Å². The third kappa shape index (κ3) is 6.05. The molecule has 7 heteroatoms. The summed E-state index contributed by atoms with van der Waals surface area (Å²) in [6, 6.07) is 1.00. The molecule has 23 heavy (non-hydrogen) atoms. The molecule has 0 aromatic rings. The maximum absolute atomic E-state index is 12.2. The average Bonchev–Trinajstić information content (AvgIpc) is 2.57. The number of amides is 1. The SMILES string of the molecule is Cl.Cl.O=C(NC1CCN(C2CCCCC2)CC1)C1COCCN1. The van der Waals surface area contributed by atoms with E-state index in [1.54, 1.807) is 0 Å². The summed E-state index contributed by atoms with van der Waals surface area (Å²) in [5.41, 5.74) is 0. The number of halogens is 2. The molecule has 0 spiro atoms. The van der Waals surface area contributed by atoms with Gasteiger partial charge in [-0.3, -0.25) is 4.79 Å². The van der Waals surface area contributed by atoms with Crippen molar-refractivity contribution in [3.8, 4) is 0 Å². The second-order valence-corrected chi connectivity index (χ2v) is 6.69. The Morgan fingerprint density at radius 2 is 1.74 bits per heavy atom. The molecule has 2 aliphatic heterocycles. The number of ether oxygens (including phenoxy) is 1. The molecule has 136 valence electrons. The molecule has 1 aliphatic carbocycles. The van der Waals surface area contributed by atoms with E-state index >= 15 is 0 Å². The smallest absolute Gasteiger partial charge is 0.239 e. The highest BCUT2D eigenvalue weighted by molar-refractivity contribution is 5.85. The minimum Gasteiger partial charge on any atom is -0.378 e. The Morgan fingerprint density at radius 1 is 1.04 bits per heavy atom. The van der Waals surface area contributed by atoms with Crippen LogP contribution in [-0.4, -0.2) is 61.8 Å². The number of likely N-dealkylation sites (tertiary alicyclic amines) is 1. The Kier molecular flexibility index (Phi) is 9.78. The van der Waals surface area contributed by atoms with Crippen molar-refractivity contribution in [1.29, 1.82) is 0 Å². The van der Waals surface area contributed by atoms with Crippen LogP contribution in [0.4, 0.5) is 0 Å². The van der Waals surface area contributed by atoms with Crippen LogP contribution in [0.2, 0.25) is 0 Å². The van der Waals surface area contributed by atoms with E-state index in [0.29, 0.717) is 19.3 Å². The van der Waals surface area contributed by atoms with Crippen LogP contribution >= 0.6 is 24.8 Å². The first-order valence-electron chi connectivity index (χ1n) is 8.68. The lowest BCUT2D eigenvalue weighted by molar-refractivity contribution is -0.127.